The Morgan fingerprint density at radius 3 is 2.60 bits per heavy atom. The molecule has 3 N–H and O–H groups in total. The fourth-order valence-electron chi connectivity index (χ4n) is 1.04. The molecule has 15 heavy (non-hydrogen) atoms. The number of nitrogens with two attached hydrogens (primary N) is 1. The molecule has 0 aliphatic rings. The molecule has 1 aromatic heterocycles. The Kier molecular flexibility index (Phi) is 3.04. The first-order valence-electron chi connectivity index (χ1n) is 4.02. The number of rotatable bonds is 2. The maximum absolute atomic E-state index is 11.8. The standard InChI is InChI=1S/C8H9F3N2O2/c1-4-5(3-12)13-7(2-6(4)14)15-8(9,10)11/h2H,3,12H2,1H3,(H,13,14). The highest BCUT2D eigenvalue weighted by Crippen LogP contribution is 2.20. The van der Waals surface area contributed by atoms with Gasteiger partial charge in [0.1, 0.15) is 0 Å². The van der Waals surface area contributed by atoms with E-state index in [0.29, 0.717) is 0 Å². The molecule has 0 aliphatic heterocycles. The van der Waals surface area contributed by atoms with E-state index in [1.54, 1.807) is 0 Å². The molecule has 0 saturated heterocycles. The van der Waals surface area contributed by atoms with E-state index in [-0.39, 0.29) is 17.8 Å². The Morgan fingerprint density at radius 2 is 2.13 bits per heavy atom. The molecule has 1 rings (SSSR count). The Labute approximate surface area is 82.9 Å². The van der Waals surface area contributed by atoms with Crippen LogP contribution in [-0.4, -0.2) is 11.3 Å². The molecule has 0 unspecified atom stereocenters. The van der Waals surface area contributed by atoms with E-state index >= 15 is 0 Å². The molecule has 84 valence electrons. The van der Waals surface area contributed by atoms with Crippen LogP contribution in [0.2, 0.25) is 0 Å². The number of H-pyrrole nitrogens is 1. The third-order valence-corrected chi connectivity index (χ3v) is 1.79. The van der Waals surface area contributed by atoms with Crippen molar-refractivity contribution in [2.24, 2.45) is 5.73 Å². The van der Waals surface area contributed by atoms with Crippen molar-refractivity contribution in [2.45, 2.75) is 19.8 Å². The first-order valence-corrected chi connectivity index (χ1v) is 4.02. The summed E-state index contributed by atoms with van der Waals surface area (Å²) in [5.41, 5.74) is 5.21. The van der Waals surface area contributed by atoms with E-state index in [9.17, 15) is 18.0 Å². The molecule has 0 aromatic carbocycles. The number of hydrogen-bond donors (Lipinski definition) is 2. The van der Waals surface area contributed by atoms with Crippen molar-refractivity contribution in [1.29, 1.82) is 0 Å². The lowest BCUT2D eigenvalue weighted by Crippen LogP contribution is -2.21. The Morgan fingerprint density at radius 1 is 1.53 bits per heavy atom. The number of alkyl halides is 3. The molecule has 4 nitrogen and oxygen atoms in total. The summed E-state index contributed by atoms with van der Waals surface area (Å²) in [5, 5.41) is 0. The number of pyridine rings is 1. The van der Waals surface area contributed by atoms with Crippen LogP contribution in [0.1, 0.15) is 11.3 Å². The molecule has 1 aromatic rings. The van der Waals surface area contributed by atoms with Crippen molar-refractivity contribution >= 4 is 0 Å². The van der Waals surface area contributed by atoms with Crippen molar-refractivity contribution < 1.29 is 17.9 Å². The topological polar surface area (TPSA) is 68.1 Å². The quantitative estimate of drug-likeness (QED) is 0.785. The molecule has 1 heterocycles. The van der Waals surface area contributed by atoms with Gasteiger partial charge in [-0.25, -0.2) is 0 Å². The third-order valence-electron chi connectivity index (χ3n) is 1.79. The summed E-state index contributed by atoms with van der Waals surface area (Å²) in [6, 6.07) is 0.738. The van der Waals surface area contributed by atoms with E-state index in [1.807, 2.05) is 0 Å². The number of aromatic amines is 1. The van der Waals surface area contributed by atoms with Crippen molar-refractivity contribution in [3.8, 4) is 5.88 Å². The van der Waals surface area contributed by atoms with Gasteiger partial charge in [0, 0.05) is 23.9 Å². The summed E-state index contributed by atoms with van der Waals surface area (Å²) < 4.78 is 39.1. The molecule has 7 heteroatoms. The molecule has 0 atom stereocenters. The average Bonchev–Trinajstić information content (AvgIpc) is 2.08. The second-order valence-electron chi connectivity index (χ2n) is 2.85. The van der Waals surface area contributed by atoms with E-state index < -0.39 is 17.7 Å². The highest BCUT2D eigenvalue weighted by Gasteiger charge is 2.31. The van der Waals surface area contributed by atoms with Gasteiger partial charge in [-0.05, 0) is 6.92 Å². The predicted octanol–water partition coefficient (Wildman–Crippen LogP) is 1.04. The number of halogens is 3. The summed E-state index contributed by atoms with van der Waals surface area (Å²) >= 11 is 0. The highest BCUT2D eigenvalue weighted by molar-refractivity contribution is 5.24. The van der Waals surface area contributed by atoms with Gasteiger partial charge in [0.15, 0.2) is 5.43 Å². The molecule has 0 amide bonds. The monoisotopic (exact) mass is 222 g/mol. The minimum atomic E-state index is -4.83. The number of hydrogen-bond acceptors (Lipinski definition) is 3. The third kappa shape index (κ3) is 2.98. The lowest BCUT2D eigenvalue weighted by atomic mass is 10.2. The van der Waals surface area contributed by atoms with Crippen LogP contribution in [0.15, 0.2) is 10.9 Å². The zero-order valence-corrected chi connectivity index (χ0v) is 7.81. The van der Waals surface area contributed by atoms with Gasteiger partial charge in [-0.2, -0.15) is 0 Å². The van der Waals surface area contributed by atoms with Crippen LogP contribution in [-0.2, 0) is 6.54 Å². The van der Waals surface area contributed by atoms with Gasteiger partial charge in [-0.3, -0.25) is 4.79 Å². The van der Waals surface area contributed by atoms with Crippen LogP contribution >= 0.6 is 0 Å². The van der Waals surface area contributed by atoms with Crippen LogP contribution in [0.5, 0.6) is 5.88 Å². The van der Waals surface area contributed by atoms with Crippen LogP contribution in [0.4, 0.5) is 13.2 Å². The smallest absolute Gasteiger partial charge is 0.390 e. The molecule has 0 saturated carbocycles. The van der Waals surface area contributed by atoms with E-state index in [4.69, 9.17) is 5.73 Å². The van der Waals surface area contributed by atoms with Gasteiger partial charge in [-0.1, -0.05) is 0 Å². The van der Waals surface area contributed by atoms with Gasteiger partial charge in [0.25, 0.3) is 0 Å². The predicted molar refractivity (Wildman–Crippen MR) is 46.4 cm³/mol. The fourth-order valence-corrected chi connectivity index (χ4v) is 1.04. The van der Waals surface area contributed by atoms with E-state index in [0.717, 1.165) is 6.07 Å². The highest BCUT2D eigenvalue weighted by atomic mass is 19.4. The average molecular weight is 222 g/mol. The SMILES string of the molecule is Cc1c(CN)[nH]c(OC(F)(F)F)cc1=O. The fraction of sp³-hybridized carbons (Fsp3) is 0.375. The van der Waals surface area contributed by atoms with Crippen molar-refractivity contribution in [2.75, 3.05) is 0 Å². The van der Waals surface area contributed by atoms with Crippen molar-refractivity contribution in [1.82, 2.24) is 4.98 Å². The zero-order valence-electron chi connectivity index (χ0n) is 7.81. The Bertz CT molecular complexity index is 411. The first kappa shape index (κ1) is 11.6. The largest absolute Gasteiger partial charge is 0.574 e. The lowest BCUT2D eigenvalue weighted by molar-refractivity contribution is -0.276. The Hall–Kier alpha value is -1.50. The molecule has 0 spiro atoms. The molecular weight excluding hydrogens is 213 g/mol. The molecular formula is C8H9F3N2O2. The number of aromatic nitrogens is 1. The normalized spacial score (nSPS) is 11.5. The molecule has 0 radical (unpaired) electrons. The maximum atomic E-state index is 11.8. The number of nitrogens with one attached hydrogen (secondary N) is 1. The lowest BCUT2D eigenvalue weighted by Gasteiger charge is -2.10. The first-order chi connectivity index (χ1) is 6.83. The van der Waals surface area contributed by atoms with Crippen LogP contribution in [0.25, 0.3) is 0 Å². The minimum absolute atomic E-state index is 0.0594. The van der Waals surface area contributed by atoms with Crippen molar-refractivity contribution in [3.05, 3.63) is 27.5 Å². The van der Waals surface area contributed by atoms with Crippen LogP contribution in [0.3, 0.4) is 0 Å². The second-order valence-corrected chi connectivity index (χ2v) is 2.85. The Balaban J connectivity index is 3.12. The maximum Gasteiger partial charge on any atom is 0.574 e. The summed E-state index contributed by atoms with van der Waals surface area (Å²) in [7, 11) is 0. The van der Waals surface area contributed by atoms with Gasteiger partial charge in [0.05, 0.1) is 0 Å². The minimum Gasteiger partial charge on any atom is -0.390 e. The van der Waals surface area contributed by atoms with Crippen LogP contribution < -0.4 is 15.9 Å². The van der Waals surface area contributed by atoms with Gasteiger partial charge >= 0.3 is 6.36 Å². The molecule has 0 fully saturated rings. The summed E-state index contributed by atoms with van der Waals surface area (Å²) in [5.74, 6) is -0.654. The number of ether oxygens (including phenoxy) is 1. The molecule has 0 bridgehead atoms. The summed E-state index contributed by atoms with van der Waals surface area (Å²) in [6.45, 7) is 1.41. The van der Waals surface area contributed by atoms with E-state index in [1.165, 1.54) is 6.92 Å². The van der Waals surface area contributed by atoms with Crippen LogP contribution in [0, 0.1) is 6.92 Å². The van der Waals surface area contributed by atoms with Gasteiger partial charge in [-0.15, -0.1) is 13.2 Å². The summed E-state index contributed by atoms with van der Waals surface area (Å²) in [4.78, 5) is 13.5. The van der Waals surface area contributed by atoms with Crippen molar-refractivity contribution in [3.63, 3.8) is 0 Å². The van der Waals surface area contributed by atoms with E-state index in [2.05, 4.69) is 9.72 Å². The van der Waals surface area contributed by atoms with Gasteiger partial charge < -0.3 is 15.5 Å². The zero-order chi connectivity index (χ0) is 11.6. The second kappa shape index (κ2) is 3.93. The molecule has 0 aliphatic carbocycles. The summed E-state index contributed by atoms with van der Waals surface area (Å²) in [6.07, 6.45) is -4.83. The van der Waals surface area contributed by atoms with Gasteiger partial charge in [0.2, 0.25) is 5.88 Å².